The first-order chi connectivity index (χ1) is 11.4. The molecule has 1 aromatic heterocycles. The maximum atomic E-state index is 12.1. The number of hydrogen-bond acceptors (Lipinski definition) is 5. The van der Waals surface area contributed by atoms with Gasteiger partial charge < -0.3 is 10.3 Å². The Labute approximate surface area is 144 Å². The van der Waals surface area contributed by atoms with Crippen molar-refractivity contribution in [3.8, 4) is 0 Å². The topological polar surface area (TPSA) is 91.9 Å². The summed E-state index contributed by atoms with van der Waals surface area (Å²) in [6.07, 6.45) is 0.885. The summed E-state index contributed by atoms with van der Waals surface area (Å²) < 4.78 is 0. The summed E-state index contributed by atoms with van der Waals surface area (Å²) >= 11 is 1.08. The van der Waals surface area contributed by atoms with Crippen LogP contribution in [0.3, 0.4) is 0 Å². The number of Topliss-reactive ketones (excluding diaryl/α,β-unsaturated/α-hetero) is 1. The number of nitrogens with zero attached hydrogens (tertiary/aromatic N) is 1. The quantitative estimate of drug-likeness (QED) is 0.477. The number of aromatic amines is 1. The van der Waals surface area contributed by atoms with Crippen molar-refractivity contribution in [2.75, 3.05) is 11.1 Å². The van der Waals surface area contributed by atoms with E-state index in [-0.39, 0.29) is 22.5 Å². The van der Waals surface area contributed by atoms with Gasteiger partial charge in [0.15, 0.2) is 5.78 Å². The van der Waals surface area contributed by atoms with Crippen LogP contribution in [0.2, 0.25) is 0 Å². The summed E-state index contributed by atoms with van der Waals surface area (Å²) in [6.45, 7) is 5.09. The van der Waals surface area contributed by atoms with Gasteiger partial charge in [0.1, 0.15) is 5.03 Å². The van der Waals surface area contributed by atoms with E-state index < -0.39 is 5.69 Å². The fraction of sp³-hybridized carbons (Fsp3) is 0.294. The van der Waals surface area contributed by atoms with E-state index in [1.54, 1.807) is 6.92 Å². The molecular formula is C17H19N3O3S. The Kier molecular flexibility index (Phi) is 5.92. The normalized spacial score (nSPS) is 10.5. The zero-order valence-corrected chi connectivity index (χ0v) is 14.6. The highest BCUT2D eigenvalue weighted by atomic mass is 32.2. The number of hydrogen-bond donors (Lipinski definition) is 2. The fourth-order valence-electron chi connectivity index (χ4n) is 2.28. The van der Waals surface area contributed by atoms with Gasteiger partial charge in [-0.1, -0.05) is 30.8 Å². The third kappa shape index (κ3) is 4.55. The third-order valence-electron chi connectivity index (χ3n) is 3.40. The number of H-pyrrole nitrogens is 1. The summed E-state index contributed by atoms with van der Waals surface area (Å²) in [5, 5.41) is 3.09. The molecule has 2 rings (SSSR count). The Hall–Kier alpha value is -2.41. The Morgan fingerprint density at radius 2 is 2.08 bits per heavy atom. The van der Waals surface area contributed by atoms with Gasteiger partial charge in [-0.3, -0.25) is 9.59 Å². The molecule has 1 amide bonds. The van der Waals surface area contributed by atoms with Crippen LogP contribution in [0, 0.1) is 6.92 Å². The molecule has 2 N–H and O–H groups in total. The van der Waals surface area contributed by atoms with Crippen LogP contribution in [0.15, 0.2) is 34.1 Å². The second-order valence-corrected chi connectivity index (χ2v) is 6.26. The maximum Gasteiger partial charge on any atom is 0.346 e. The van der Waals surface area contributed by atoms with Crippen LogP contribution in [0.25, 0.3) is 0 Å². The molecule has 0 radical (unpaired) electrons. The molecule has 0 aliphatic carbocycles. The lowest BCUT2D eigenvalue weighted by molar-refractivity contribution is -0.113. The van der Waals surface area contributed by atoms with E-state index in [1.165, 1.54) is 6.92 Å². The molecular weight excluding hydrogens is 326 g/mol. The van der Waals surface area contributed by atoms with Crippen LogP contribution >= 0.6 is 11.8 Å². The van der Waals surface area contributed by atoms with Crippen molar-refractivity contribution in [3.63, 3.8) is 0 Å². The minimum Gasteiger partial charge on any atom is -0.325 e. The summed E-state index contributed by atoms with van der Waals surface area (Å²) in [5.41, 5.74) is 2.13. The van der Waals surface area contributed by atoms with E-state index in [1.807, 2.05) is 31.2 Å². The predicted molar refractivity (Wildman–Crippen MR) is 94.8 cm³/mol. The minimum atomic E-state index is -0.531. The monoisotopic (exact) mass is 345 g/mol. The van der Waals surface area contributed by atoms with E-state index in [4.69, 9.17) is 0 Å². The van der Waals surface area contributed by atoms with Gasteiger partial charge in [-0.15, -0.1) is 0 Å². The number of ketones is 1. The van der Waals surface area contributed by atoms with Gasteiger partial charge >= 0.3 is 5.69 Å². The lowest BCUT2D eigenvalue weighted by Gasteiger charge is -2.09. The van der Waals surface area contributed by atoms with Crippen molar-refractivity contribution in [3.05, 3.63) is 51.6 Å². The Morgan fingerprint density at radius 3 is 2.75 bits per heavy atom. The molecule has 0 fully saturated rings. The highest BCUT2D eigenvalue weighted by Gasteiger charge is 2.15. The summed E-state index contributed by atoms with van der Waals surface area (Å²) in [6, 6.07) is 7.61. The van der Waals surface area contributed by atoms with Gasteiger partial charge in [0.25, 0.3) is 0 Å². The van der Waals surface area contributed by atoms with Crippen molar-refractivity contribution in [1.82, 2.24) is 9.97 Å². The number of amides is 1. The molecule has 0 spiro atoms. The first kappa shape index (κ1) is 17.9. The van der Waals surface area contributed by atoms with Gasteiger partial charge in [0.2, 0.25) is 5.91 Å². The van der Waals surface area contributed by atoms with Crippen molar-refractivity contribution in [2.45, 2.75) is 32.2 Å². The molecule has 0 aliphatic heterocycles. The molecule has 0 bridgehead atoms. The second-order valence-electron chi connectivity index (χ2n) is 5.29. The number of nitrogens with one attached hydrogen (secondary N) is 2. The van der Waals surface area contributed by atoms with Gasteiger partial charge in [0, 0.05) is 11.4 Å². The number of carbonyl (C=O) groups is 2. The highest BCUT2D eigenvalue weighted by Crippen LogP contribution is 2.21. The van der Waals surface area contributed by atoms with E-state index in [0.717, 1.165) is 29.4 Å². The van der Waals surface area contributed by atoms with Crippen molar-refractivity contribution in [2.24, 2.45) is 0 Å². The molecule has 0 atom stereocenters. The molecule has 1 heterocycles. The first-order valence-corrected chi connectivity index (χ1v) is 8.52. The molecule has 1 aromatic carbocycles. The summed E-state index contributed by atoms with van der Waals surface area (Å²) in [7, 11) is 0. The lowest BCUT2D eigenvalue weighted by atomic mass is 10.1. The molecule has 126 valence electrons. The average molecular weight is 345 g/mol. The molecule has 6 nitrogen and oxygen atoms in total. The van der Waals surface area contributed by atoms with Gasteiger partial charge in [-0.2, -0.15) is 4.98 Å². The first-order valence-electron chi connectivity index (χ1n) is 7.54. The number of thioether (sulfide) groups is 1. The number of rotatable bonds is 6. The lowest BCUT2D eigenvalue weighted by Crippen LogP contribution is -2.19. The zero-order valence-electron chi connectivity index (χ0n) is 13.8. The highest BCUT2D eigenvalue weighted by molar-refractivity contribution is 8.00. The molecule has 0 saturated carbocycles. The van der Waals surface area contributed by atoms with Gasteiger partial charge in [-0.05, 0) is 38.0 Å². The van der Waals surface area contributed by atoms with Crippen LogP contribution in [0.1, 0.15) is 35.5 Å². The smallest absolute Gasteiger partial charge is 0.325 e. The Balaban J connectivity index is 2.09. The van der Waals surface area contributed by atoms with Crippen LogP contribution < -0.4 is 11.0 Å². The fourth-order valence-corrected chi connectivity index (χ4v) is 3.21. The molecule has 0 unspecified atom stereocenters. The van der Waals surface area contributed by atoms with Gasteiger partial charge in [0.05, 0.1) is 11.3 Å². The largest absolute Gasteiger partial charge is 0.346 e. The van der Waals surface area contributed by atoms with Gasteiger partial charge in [-0.25, -0.2) is 4.79 Å². The van der Waals surface area contributed by atoms with Crippen molar-refractivity contribution in [1.29, 1.82) is 0 Å². The maximum absolute atomic E-state index is 12.1. The average Bonchev–Trinajstić information content (AvgIpc) is 2.52. The van der Waals surface area contributed by atoms with E-state index in [9.17, 15) is 14.4 Å². The third-order valence-corrected chi connectivity index (χ3v) is 4.37. The number of aromatic nitrogens is 2. The predicted octanol–water partition coefficient (Wildman–Crippen LogP) is 2.57. The van der Waals surface area contributed by atoms with Crippen LogP contribution in [-0.4, -0.2) is 27.4 Å². The van der Waals surface area contributed by atoms with Crippen LogP contribution in [0.5, 0.6) is 0 Å². The summed E-state index contributed by atoms with van der Waals surface area (Å²) in [5.74, 6) is -0.357. The van der Waals surface area contributed by atoms with Crippen molar-refractivity contribution >= 4 is 29.1 Å². The van der Waals surface area contributed by atoms with Crippen LogP contribution in [0.4, 0.5) is 5.69 Å². The number of anilines is 1. The molecule has 0 saturated heterocycles. The molecule has 24 heavy (non-hydrogen) atoms. The van der Waals surface area contributed by atoms with Crippen molar-refractivity contribution < 1.29 is 9.59 Å². The zero-order chi connectivity index (χ0) is 17.7. The summed E-state index contributed by atoms with van der Waals surface area (Å²) in [4.78, 5) is 41.6. The number of aryl methyl sites for hydroxylation is 2. The standard InChI is InChI=1S/C17H19N3O3S/c1-4-12-6-5-7-13(8-12)19-14(22)9-24-16-15(11(3)21)10(2)18-17(23)20-16/h5-8H,4,9H2,1-3H3,(H,19,22)(H,18,20,23). The molecule has 0 aliphatic rings. The van der Waals surface area contributed by atoms with Crippen LogP contribution in [-0.2, 0) is 11.2 Å². The van der Waals surface area contributed by atoms with E-state index in [2.05, 4.69) is 15.3 Å². The van der Waals surface area contributed by atoms with E-state index in [0.29, 0.717) is 11.3 Å². The van der Waals surface area contributed by atoms with E-state index >= 15 is 0 Å². The number of carbonyl (C=O) groups excluding carboxylic acids is 2. The second kappa shape index (κ2) is 7.92. The molecule has 2 aromatic rings. The minimum absolute atomic E-state index is 0.0620. The number of benzene rings is 1. The SMILES string of the molecule is CCc1cccc(NC(=O)CSc2nc(=O)[nH]c(C)c2C(C)=O)c1. The molecule has 7 heteroatoms. The Bertz CT molecular complexity index is 830. The Morgan fingerprint density at radius 1 is 1.33 bits per heavy atom.